The molecule has 2 aromatic rings. The number of carbonyl (C=O) groups is 1. The fourth-order valence-electron chi connectivity index (χ4n) is 2.85. The van der Waals surface area contributed by atoms with Gasteiger partial charge in [-0.1, -0.05) is 0 Å². The first-order valence-electron chi connectivity index (χ1n) is 7.64. The SMILES string of the molecule is Cc1nc(-c2ccco2)ccc1C(=O)N1CCNC(C)C1C.Cl.Cl. The van der Waals surface area contributed by atoms with Crippen LogP contribution in [0.15, 0.2) is 34.9 Å². The molecular weight excluding hydrogens is 349 g/mol. The number of nitrogens with one attached hydrogen (secondary N) is 1. The van der Waals surface area contributed by atoms with Gasteiger partial charge in [0.15, 0.2) is 5.76 Å². The third-order valence-corrected chi connectivity index (χ3v) is 4.38. The Morgan fingerprint density at radius 3 is 2.67 bits per heavy atom. The fourth-order valence-corrected chi connectivity index (χ4v) is 2.85. The monoisotopic (exact) mass is 371 g/mol. The molecule has 0 radical (unpaired) electrons. The quantitative estimate of drug-likeness (QED) is 0.879. The van der Waals surface area contributed by atoms with Crippen LogP contribution in [0, 0.1) is 6.92 Å². The lowest BCUT2D eigenvalue weighted by Gasteiger charge is -2.38. The number of rotatable bonds is 2. The minimum atomic E-state index is 0. The molecule has 1 amide bonds. The van der Waals surface area contributed by atoms with Crippen LogP contribution in [-0.4, -0.2) is 41.0 Å². The second-order valence-electron chi connectivity index (χ2n) is 5.79. The van der Waals surface area contributed by atoms with Crippen molar-refractivity contribution in [3.63, 3.8) is 0 Å². The number of hydrogen-bond donors (Lipinski definition) is 1. The minimum absolute atomic E-state index is 0. The number of amides is 1. The predicted molar refractivity (Wildman–Crippen MR) is 99.1 cm³/mol. The number of aromatic nitrogens is 1. The lowest BCUT2D eigenvalue weighted by atomic mass is 10.0. The van der Waals surface area contributed by atoms with E-state index in [1.807, 2.05) is 36.1 Å². The van der Waals surface area contributed by atoms with Crippen LogP contribution in [0.3, 0.4) is 0 Å². The molecule has 7 heteroatoms. The molecule has 3 rings (SSSR count). The van der Waals surface area contributed by atoms with Crippen molar-refractivity contribution in [1.82, 2.24) is 15.2 Å². The summed E-state index contributed by atoms with van der Waals surface area (Å²) in [6.07, 6.45) is 1.62. The highest BCUT2D eigenvalue weighted by atomic mass is 35.5. The Morgan fingerprint density at radius 2 is 2.04 bits per heavy atom. The largest absolute Gasteiger partial charge is 0.463 e. The summed E-state index contributed by atoms with van der Waals surface area (Å²) in [6.45, 7) is 7.61. The highest BCUT2D eigenvalue weighted by molar-refractivity contribution is 5.95. The molecule has 132 valence electrons. The van der Waals surface area contributed by atoms with Crippen molar-refractivity contribution in [2.45, 2.75) is 32.9 Å². The van der Waals surface area contributed by atoms with Gasteiger partial charge in [-0.2, -0.15) is 0 Å². The zero-order valence-corrected chi connectivity index (χ0v) is 15.6. The molecule has 0 spiro atoms. The average molecular weight is 372 g/mol. The number of hydrogen-bond acceptors (Lipinski definition) is 4. The maximum absolute atomic E-state index is 12.8. The predicted octanol–water partition coefficient (Wildman–Crippen LogP) is 3.32. The summed E-state index contributed by atoms with van der Waals surface area (Å²) in [7, 11) is 0. The smallest absolute Gasteiger partial charge is 0.256 e. The van der Waals surface area contributed by atoms with Gasteiger partial charge < -0.3 is 14.6 Å². The van der Waals surface area contributed by atoms with Crippen LogP contribution in [0.25, 0.3) is 11.5 Å². The van der Waals surface area contributed by atoms with Crippen molar-refractivity contribution < 1.29 is 9.21 Å². The van der Waals surface area contributed by atoms with Gasteiger partial charge in [0.1, 0.15) is 5.69 Å². The molecule has 24 heavy (non-hydrogen) atoms. The molecular formula is C17H23Cl2N3O2. The maximum Gasteiger partial charge on any atom is 0.256 e. The van der Waals surface area contributed by atoms with E-state index in [9.17, 15) is 4.79 Å². The van der Waals surface area contributed by atoms with E-state index in [0.717, 1.165) is 24.5 Å². The van der Waals surface area contributed by atoms with Crippen molar-refractivity contribution in [3.05, 3.63) is 41.8 Å². The van der Waals surface area contributed by atoms with Gasteiger partial charge >= 0.3 is 0 Å². The molecule has 0 saturated carbocycles. The summed E-state index contributed by atoms with van der Waals surface area (Å²) >= 11 is 0. The molecule has 1 N–H and O–H groups in total. The molecule has 2 unspecified atom stereocenters. The van der Waals surface area contributed by atoms with Gasteiger partial charge in [0.25, 0.3) is 5.91 Å². The molecule has 2 atom stereocenters. The Morgan fingerprint density at radius 1 is 1.29 bits per heavy atom. The highest BCUT2D eigenvalue weighted by Crippen LogP contribution is 2.21. The summed E-state index contributed by atoms with van der Waals surface area (Å²) in [5.41, 5.74) is 2.15. The number of furan rings is 1. The van der Waals surface area contributed by atoms with Crippen molar-refractivity contribution in [2.24, 2.45) is 0 Å². The Kier molecular flexibility index (Phi) is 7.27. The molecule has 1 aliphatic rings. The Bertz CT molecular complexity index is 676. The van der Waals surface area contributed by atoms with Crippen LogP contribution in [-0.2, 0) is 0 Å². The fraction of sp³-hybridized carbons (Fsp3) is 0.412. The van der Waals surface area contributed by atoms with Gasteiger partial charge in [-0.25, -0.2) is 4.98 Å². The van der Waals surface area contributed by atoms with E-state index in [1.54, 1.807) is 6.26 Å². The summed E-state index contributed by atoms with van der Waals surface area (Å²) in [4.78, 5) is 19.3. The van der Waals surface area contributed by atoms with Gasteiger partial charge in [-0.3, -0.25) is 4.79 Å². The number of aryl methyl sites for hydroxylation is 1. The van der Waals surface area contributed by atoms with Crippen LogP contribution in [0.2, 0.25) is 0 Å². The molecule has 5 nitrogen and oxygen atoms in total. The van der Waals surface area contributed by atoms with E-state index in [-0.39, 0.29) is 36.8 Å². The Labute approximate surface area is 154 Å². The Balaban J connectivity index is 0.00000144. The van der Waals surface area contributed by atoms with E-state index in [0.29, 0.717) is 17.4 Å². The zero-order chi connectivity index (χ0) is 15.7. The average Bonchev–Trinajstić information content (AvgIpc) is 3.03. The van der Waals surface area contributed by atoms with Crippen molar-refractivity contribution in [3.8, 4) is 11.5 Å². The van der Waals surface area contributed by atoms with E-state index in [1.165, 1.54) is 0 Å². The van der Waals surface area contributed by atoms with Crippen LogP contribution >= 0.6 is 24.8 Å². The van der Waals surface area contributed by atoms with Crippen LogP contribution in [0.1, 0.15) is 29.9 Å². The topological polar surface area (TPSA) is 58.4 Å². The summed E-state index contributed by atoms with van der Waals surface area (Å²) < 4.78 is 5.36. The number of carbonyl (C=O) groups excluding carboxylic acids is 1. The van der Waals surface area contributed by atoms with Gasteiger partial charge in [0, 0.05) is 25.2 Å². The van der Waals surface area contributed by atoms with Gasteiger partial charge in [0.2, 0.25) is 0 Å². The molecule has 0 aliphatic carbocycles. The number of halogens is 2. The van der Waals surface area contributed by atoms with E-state index in [2.05, 4.69) is 24.1 Å². The zero-order valence-electron chi connectivity index (χ0n) is 14.0. The first-order valence-corrected chi connectivity index (χ1v) is 7.64. The molecule has 1 fully saturated rings. The second kappa shape index (κ2) is 8.51. The Hall–Kier alpha value is -1.56. The first-order chi connectivity index (χ1) is 10.6. The lowest BCUT2D eigenvalue weighted by molar-refractivity contribution is 0.0601. The third kappa shape index (κ3) is 3.91. The molecule has 0 bridgehead atoms. The highest BCUT2D eigenvalue weighted by Gasteiger charge is 2.29. The number of pyridine rings is 1. The van der Waals surface area contributed by atoms with Gasteiger partial charge in [0.05, 0.1) is 17.5 Å². The number of nitrogens with zero attached hydrogens (tertiary/aromatic N) is 2. The summed E-state index contributed by atoms with van der Waals surface area (Å²) in [5, 5.41) is 3.39. The van der Waals surface area contributed by atoms with E-state index in [4.69, 9.17) is 4.42 Å². The van der Waals surface area contributed by atoms with Crippen LogP contribution in [0.4, 0.5) is 0 Å². The molecule has 3 heterocycles. The van der Waals surface area contributed by atoms with Gasteiger partial charge in [-0.05, 0) is 45.0 Å². The van der Waals surface area contributed by atoms with E-state index < -0.39 is 0 Å². The van der Waals surface area contributed by atoms with Crippen LogP contribution in [0.5, 0.6) is 0 Å². The standard InChI is InChI=1S/C17H21N3O2.2ClH/c1-11-13(3)20(9-8-18-11)17(21)14-6-7-15(19-12(14)2)16-5-4-10-22-16;;/h4-7,10-11,13,18H,8-9H2,1-3H3;2*1H. The maximum atomic E-state index is 12.8. The normalized spacial score (nSPS) is 20.0. The van der Waals surface area contributed by atoms with Gasteiger partial charge in [-0.15, -0.1) is 24.8 Å². The van der Waals surface area contributed by atoms with Crippen molar-refractivity contribution >= 4 is 30.7 Å². The van der Waals surface area contributed by atoms with Crippen molar-refractivity contribution in [1.29, 1.82) is 0 Å². The van der Waals surface area contributed by atoms with E-state index >= 15 is 0 Å². The summed E-state index contributed by atoms with van der Waals surface area (Å²) in [5.74, 6) is 0.767. The van der Waals surface area contributed by atoms with Crippen LogP contribution < -0.4 is 5.32 Å². The second-order valence-corrected chi connectivity index (χ2v) is 5.79. The molecule has 0 aromatic carbocycles. The number of piperazine rings is 1. The summed E-state index contributed by atoms with van der Waals surface area (Å²) in [6, 6.07) is 7.86. The lowest BCUT2D eigenvalue weighted by Crippen LogP contribution is -2.57. The minimum Gasteiger partial charge on any atom is -0.463 e. The van der Waals surface area contributed by atoms with Crippen molar-refractivity contribution in [2.75, 3.05) is 13.1 Å². The first kappa shape index (κ1) is 20.5. The molecule has 1 saturated heterocycles. The third-order valence-electron chi connectivity index (χ3n) is 4.38. The molecule has 1 aliphatic heterocycles. The molecule has 2 aromatic heterocycles.